The van der Waals surface area contributed by atoms with E-state index in [-0.39, 0.29) is 5.91 Å². The molecule has 0 bridgehead atoms. The van der Waals surface area contributed by atoms with Gasteiger partial charge in [0.2, 0.25) is 5.91 Å². The minimum Gasteiger partial charge on any atom is -0.325 e. The summed E-state index contributed by atoms with van der Waals surface area (Å²) in [4.78, 5) is 17.9. The SMILES string of the molecule is CN(CC(=O)Nc1ccc(CN2CCCC2)cc1)Cc1cccs1. The predicted octanol–water partition coefficient (Wildman–Crippen LogP) is 3.41. The quantitative estimate of drug-likeness (QED) is 0.837. The van der Waals surface area contributed by atoms with Gasteiger partial charge < -0.3 is 5.32 Å². The number of likely N-dealkylation sites (N-methyl/N-ethyl adjacent to an activating group) is 1. The summed E-state index contributed by atoms with van der Waals surface area (Å²) in [5, 5.41) is 5.04. The number of benzene rings is 1. The molecule has 0 saturated carbocycles. The number of carbonyl (C=O) groups is 1. The first-order valence-electron chi connectivity index (χ1n) is 8.51. The Kier molecular flexibility index (Phi) is 6.01. The normalized spacial score (nSPS) is 15.1. The van der Waals surface area contributed by atoms with Gasteiger partial charge in [0.15, 0.2) is 0 Å². The molecule has 1 aromatic heterocycles. The van der Waals surface area contributed by atoms with Crippen LogP contribution in [-0.2, 0) is 17.9 Å². The second-order valence-corrected chi connectivity index (χ2v) is 7.51. The summed E-state index contributed by atoms with van der Waals surface area (Å²) in [6, 6.07) is 12.4. The number of hydrogen-bond donors (Lipinski definition) is 1. The molecule has 1 fully saturated rings. The Morgan fingerprint density at radius 1 is 1.21 bits per heavy atom. The molecule has 0 aliphatic carbocycles. The first-order valence-corrected chi connectivity index (χ1v) is 9.39. The zero-order chi connectivity index (χ0) is 16.8. The molecule has 1 aliphatic rings. The van der Waals surface area contributed by atoms with E-state index in [1.54, 1.807) is 11.3 Å². The van der Waals surface area contributed by atoms with E-state index in [2.05, 4.69) is 33.8 Å². The van der Waals surface area contributed by atoms with Crippen molar-refractivity contribution in [3.8, 4) is 0 Å². The lowest BCUT2D eigenvalue weighted by Gasteiger charge is -2.16. The topological polar surface area (TPSA) is 35.6 Å². The van der Waals surface area contributed by atoms with Crippen molar-refractivity contribution >= 4 is 22.9 Å². The predicted molar refractivity (Wildman–Crippen MR) is 100 cm³/mol. The molecule has 2 aromatic rings. The highest BCUT2D eigenvalue weighted by Crippen LogP contribution is 2.15. The van der Waals surface area contributed by atoms with Gasteiger partial charge >= 0.3 is 0 Å². The number of anilines is 1. The number of nitrogens with one attached hydrogen (secondary N) is 1. The fourth-order valence-electron chi connectivity index (χ4n) is 3.06. The molecule has 4 nitrogen and oxygen atoms in total. The van der Waals surface area contributed by atoms with E-state index in [4.69, 9.17) is 0 Å². The molecule has 1 saturated heterocycles. The summed E-state index contributed by atoms with van der Waals surface area (Å²) >= 11 is 1.72. The molecule has 1 aromatic carbocycles. The summed E-state index contributed by atoms with van der Waals surface area (Å²) in [6.07, 6.45) is 2.63. The minimum atomic E-state index is 0.0290. The highest BCUT2D eigenvalue weighted by atomic mass is 32.1. The summed E-state index contributed by atoms with van der Waals surface area (Å²) in [6.45, 7) is 4.62. The molecule has 1 aliphatic heterocycles. The molecular formula is C19H25N3OS. The second-order valence-electron chi connectivity index (χ2n) is 6.48. The summed E-state index contributed by atoms with van der Waals surface area (Å²) in [5.41, 5.74) is 2.18. The van der Waals surface area contributed by atoms with Gasteiger partial charge in [-0.05, 0) is 62.1 Å². The van der Waals surface area contributed by atoms with Gasteiger partial charge in [0, 0.05) is 23.7 Å². The van der Waals surface area contributed by atoms with E-state index in [1.165, 1.54) is 36.4 Å². The van der Waals surface area contributed by atoms with Gasteiger partial charge in [-0.2, -0.15) is 0 Å². The van der Waals surface area contributed by atoms with Crippen molar-refractivity contribution in [2.45, 2.75) is 25.9 Å². The zero-order valence-electron chi connectivity index (χ0n) is 14.2. The summed E-state index contributed by atoms with van der Waals surface area (Å²) < 4.78 is 0. The van der Waals surface area contributed by atoms with E-state index in [0.717, 1.165) is 18.8 Å². The smallest absolute Gasteiger partial charge is 0.238 e. The zero-order valence-corrected chi connectivity index (χ0v) is 15.0. The molecule has 0 spiro atoms. The molecule has 24 heavy (non-hydrogen) atoms. The molecule has 0 unspecified atom stereocenters. The Morgan fingerprint density at radius 2 is 1.96 bits per heavy atom. The number of thiophene rings is 1. The second kappa shape index (κ2) is 8.42. The molecule has 1 N–H and O–H groups in total. The van der Waals surface area contributed by atoms with Crippen LogP contribution in [0.15, 0.2) is 41.8 Å². The standard InChI is InChI=1S/C19H25N3OS/c1-21(14-18-5-4-12-24-18)15-19(23)20-17-8-6-16(7-9-17)13-22-10-2-3-11-22/h4-9,12H,2-3,10-11,13-15H2,1H3,(H,20,23). The minimum absolute atomic E-state index is 0.0290. The van der Waals surface area contributed by atoms with Crippen LogP contribution in [0.5, 0.6) is 0 Å². The van der Waals surface area contributed by atoms with E-state index in [0.29, 0.717) is 6.54 Å². The van der Waals surface area contributed by atoms with Crippen LogP contribution in [0.1, 0.15) is 23.3 Å². The number of carbonyl (C=O) groups excluding carboxylic acids is 1. The Morgan fingerprint density at radius 3 is 2.62 bits per heavy atom. The van der Waals surface area contributed by atoms with E-state index >= 15 is 0 Å². The fourth-order valence-corrected chi connectivity index (χ4v) is 3.85. The van der Waals surface area contributed by atoms with Crippen LogP contribution in [0.25, 0.3) is 0 Å². The molecule has 1 amide bonds. The average molecular weight is 343 g/mol. The highest BCUT2D eigenvalue weighted by molar-refractivity contribution is 7.09. The van der Waals surface area contributed by atoms with E-state index in [1.807, 2.05) is 30.1 Å². The first kappa shape index (κ1) is 17.1. The van der Waals surface area contributed by atoms with E-state index in [9.17, 15) is 4.79 Å². The maximum Gasteiger partial charge on any atom is 0.238 e. The average Bonchev–Trinajstić information content (AvgIpc) is 3.23. The Hall–Kier alpha value is -1.69. The van der Waals surface area contributed by atoms with Crippen molar-refractivity contribution in [3.05, 3.63) is 52.2 Å². The van der Waals surface area contributed by atoms with Gasteiger partial charge in [0.25, 0.3) is 0 Å². The van der Waals surface area contributed by atoms with Crippen molar-refractivity contribution in [1.82, 2.24) is 9.80 Å². The van der Waals surface area contributed by atoms with Gasteiger partial charge in [-0.15, -0.1) is 11.3 Å². The van der Waals surface area contributed by atoms with Crippen LogP contribution in [0, 0.1) is 0 Å². The van der Waals surface area contributed by atoms with Gasteiger partial charge in [0.05, 0.1) is 6.54 Å². The van der Waals surface area contributed by atoms with Crippen LogP contribution in [0.4, 0.5) is 5.69 Å². The molecule has 0 radical (unpaired) electrons. The van der Waals surface area contributed by atoms with Crippen molar-refractivity contribution in [2.75, 3.05) is 32.0 Å². The molecule has 3 rings (SSSR count). The lowest BCUT2D eigenvalue weighted by Crippen LogP contribution is -2.29. The molecule has 128 valence electrons. The van der Waals surface area contributed by atoms with Crippen LogP contribution >= 0.6 is 11.3 Å². The van der Waals surface area contributed by atoms with Crippen LogP contribution in [0.3, 0.4) is 0 Å². The molecule has 2 heterocycles. The van der Waals surface area contributed by atoms with Crippen LogP contribution in [0.2, 0.25) is 0 Å². The third-order valence-electron chi connectivity index (χ3n) is 4.26. The Balaban J connectivity index is 1.45. The van der Waals surface area contributed by atoms with Gasteiger partial charge in [-0.1, -0.05) is 18.2 Å². The van der Waals surface area contributed by atoms with Crippen LogP contribution in [-0.4, -0.2) is 42.4 Å². The van der Waals surface area contributed by atoms with Crippen molar-refractivity contribution in [2.24, 2.45) is 0 Å². The Bertz CT molecular complexity index is 633. The monoisotopic (exact) mass is 343 g/mol. The summed E-state index contributed by atoms with van der Waals surface area (Å²) in [7, 11) is 1.97. The van der Waals surface area contributed by atoms with Gasteiger partial charge in [-0.25, -0.2) is 0 Å². The lowest BCUT2D eigenvalue weighted by atomic mass is 10.2. The van der Waals surface area contributed by atoms with Crippen molar-refractivity contribution < 1.29 is 4.79 Å². The van der Waals surface area contributed by atoms with Gasteiger partial charge in [-0.3, -0.25) is 14.6 Å². The third kappa shape index (κ3) is 5.16. The fraction of sp³-hybridized carbons (Fsp3) is 0.421. The largest absolute Gasteiger partial charge is 0.325 e. The van der Waals surface area contributed by atoms with Crippen LogP contribution < -0.4 is 5.32 Å². The molecule has 5 heteroatoms. The number of likely N-dealkylation sites (tertiary alicyclic amines) is 1. The Labute approximate surface area is 148 Å². The maximum absolute atomic E-state index is 12.2. The number of amides is 1. The van der Waals surface area contributed by atoms with Crippen molar-refractivity contribution in [3.63, 3.8) is 0 Å². The number of nitrogens with zero attached hydrogens (tertiary/aromatic N) is 2. The summed E-state index contributed by atoms with van der Waals surface area (Å²) in [5.74, 6) is 0.0290. The number of rotatable bonds is 7. The highest BCUT2D eigenvalue weighted by Gasteiger charge is 2.12. The van der Waals surface area contributed by atoms with Crippen molar-refractivity contribution in [1.29, 1.82) is 0 Å². The maximum atomic E-state index is 12.2. The van der Waals surface area contributed by atoms with E-state index < -0.39 is 0 Å². The van der Waals surface area contributed by atoms with Gasteiger partial charge in [0.1, 0.15) is 0 Å². The molecule has 0 atom stereocenters. The molecular weight excluding hydrogens is 318 g/mol. The number of hydrogen-bond acceptors (Lipinski definition) is 4. The third-order valence-corrected chi connectivity index (χ3v) is 5.12. The lowest BCUT2D eigenvalue weighted by molar-refractivity contribution is -0.117. The first-order chi connectivity index (χ1) is 11.7.